The van der Waals surface area contributed by atoms with Gasteiger partial charge in [0.25, 0.3) is 5.91 Å². The first-order valence-corrected chi connectivity index (χ1v) is 9.51. The van der Waals surface area contributed by atoms with Crippen LogP contribution in [-0.2, 0) is 15.8 Å². The number of hydrogen-bond acceptors (Lipinski definition) is 3. The lowest BCUT2D eigenvalue weighted by atomic mass is 10.2. The second-order valence-corrected chi connectivity index (χ2v) is 7.73. The number of halogens is 1. The lowest BCUT2D eigenvalue weighted by Crippen LogP contribution is -2.15. The number of anilines is 1. The topological polar surface area (TPSA) is 105 Å². The van der Waals surface area contributed by atoms with Crippen molar-refractivity contribution in [1.82, 2.24) is 4.98 Å². The number of aromatic amines is 1. The van der Waals surface area contributed by atoms with Crippen molar-refractivity contribution >= 4 is 48.5 Å². The van der Waals surface area contributed by atoms with Gasteiger partial charge in [0.1, 0.15) is 5.69 Å². The van der Waals surface area contributed by atoms with E-state index < -0.39 is 10.0 Å². The fourth-order valence-electron chi connectivity index (χ4n) is 2.43. The number of H-pyrrole nitrogens is 1. The van der Waals surface area contributed by atoms with E-state index in [0.717, 1.165) is 10.9 Å². The number of primary sulfonamides is 1. The molecule has 0 aliphatic heterocycles. The number of aromatic nitrogens is 1. The smallest absolute Gasteiger partial charge is 0.273 e. The third kappa shape index (κ3) is 3.66. The van der Waals surface area contributed by atoms with Crippen LogP contribution in [-0.4, -0.2) is 19.3 Å². The SMILES string of the molecule is NS(=O)(=O)Cc1cccc(NC(=O)c2[nH]c3ccccc3c2Br)c1. The Labute approximate surface area is 147 Å². The van der Waals surface area contributed by atoms with Crippen LogP contribution in [0.5, 0.6) is 0 Å². The summed E-state index contributed by atoms with van der Waals surface area (Å²) in [5.41, 5.74) is 2.24. The molecule has 2 aromatic carbocycles. The number of nitrogens with one attached hydrogen (secondary N) is 2. The van der Waals surface area contributed by atoms with E-state index in [2.05, 4.69) is 26.2 Å². The molecule has 0 aliphatic carbocycles. The van der Waals surface area contributed by atoms with Crippen LogP contribution in [0.4, 0.5) is 5.69 Å². The Bertz CT molecular complexity index is 1030. The molecule has 1 aromatic heterocycles. The molecule has 0 spiro atoms. The van der Waals surface area contributed by atoms with E-state index in [1.54, 1.807) is 24.3 Å². The summed E-state index contributed by atoms with van der Waals surface area (Å²) in [6, 6.07) is 14.1. The van der Waals surface area contributed by atoms with Gasteiger partial charge < -0.3 is 10.3 Å². The van der Waals surface area contributed by atoms with Crippen molar-refractivity contribution in [2.24, 2.45) is 5.14 Å². The number of hydrogen-bond donors (Lipinski definition) is 3. The van der Waals surface area contributed by atoms with Crippen LogP contribution < -0.4 is 10.5 Å². The van der Waals surface area contributed by atoms with E-state index in [1.165, 1.54) is 0 Å². The van der Waals surface area contributed by atoms with E-state index in [0.29, 0.717) is 21.4 Å². The molecule has 124 valence electrons. The number of benzene rings is 2. The maximum atomic E-state index is 12.5. The quantitative estimate of drug-likeness (QED) is 0.618. The van der Waals surface area contributed by atoms with Gasteiger partial charge in [-0.15, -0.1) is 0 Å². The Kier molecular flexibility index (Phi) is 4.44. The van der Waals surface area contributed by atoms with E-state index in [-0.39, 0.29) is 11.7 Å². The van der Waals surface area contributed by atoms with E-state index in [4.69, 9.17) is 5.14 Å². The highest BCUT2D eigenvalue weighted by atomic mass is 79.9. The fourth-order valence-corrected chi connectivity index (χ4v) is 3.70. The molecular formula is C16H14BrN3O3S. The number of para-hydroxylation sites is 1. The molecule has 0 radical (unpaired) electrons. The summed E-state index contributed by atoms with van der Waals surface area (Å²) >= 11 is 3.43. The molecular weight excluding hydrogens is 394 g/mol. The highest BCUT2D eigenvalue weighted by Crippen LogP contribution is 2.28. The molecule has 1 amide bonds. The molecule has 24 heavy (non-hydrogen) atoms. The van der Waals surface area contributed by atoms with Gasteiger partial charge in [-0.3, -0.25) is 4.79 Å². The summed E-state index contributed by atoms with van der Waals surface area (Å²) in [4.78, 5) is 15.5. The van der Waals surface area contributed by atoms with Crippen molar-refractivity contribution in [1.29, 1.82) is 0 Å². The standard InChI is InChI=1S/C16H14BrN3O3S/c17-14-12-6-1-2-7-13(12)20-15(14)16(21)19-11-5-3-4-10(8-11)9-24(18,22)23/h1-8,20H,9H2,(H,19,21)(H2,18,22,23). The third-order valence-corrected chi connectivity index (χ3v) is 4.98. The molecule has 0 saturated heterocycles. The monoisotopic (exact) mass is 407 g/mol. The first kappa shape index (κ1) is 16.7. The highest BCUT2D eigenvalue weighted by Gasteiger charge is 2.16. The predicted molar refractivity (Wildman–Crippen MR) is 97.2 cm³/mol. The lowest BCUT2D eigenvalue weighted by Gasteiger charge is -2.06. The van der Waals surface area contributed by atoms with Crippen molar-refractivity contribution in [2.75, 3.05) is 5.32 Å². The second-order valence-electron chi connectivity index (χ2n) is 5.32. The number of carbonyl (C=O) groups excluding carboxylic acids is 1. The van der Waals surface area contributed by atoms with Crippen molar-refractivity contribution in [2.45, 2.75) is 5.75 Å². The summed E-state index contributed by atoms with van der Waals surface area (Å²) in [5.74, 6) is -0.613. The Hall–Kier alpha value is -2.16. The molecule has 6 nitrogen and oxygen atoms in total. The second kappa shape index (κ2) is 6.39. The number of sulfonamides is 1. The van der Waals surface area contributed by atoms with Crippen LogP contribution in [0.15, 0.2) is 53.0 Å². The Balaban J connectivity index is 1.86. The molecule has 8 heteroatoms. The molecule has 3 aromatic rings. The Morgan fingerprint density at radius 3 is 2.62 bits per heavy atom. The zero-order valence-corrected chi connectivity index (χ0v) is 14.8. The largest absolute Gasteiger partial charge is 0.350 e. The van der Waals surface area contributed by atoms with Gasteiger partial charge in [0, 0.05) is 16.6 Å². The third-order valence-electron chi connectivity index (χ3n) is 3.42. The number of rotatable bonds is 4. The molecule has 0 unspecified atom stereocenters. The van der Waals surface area contributed by atoms with Gasteiger partial charge in [0.2, 0.25) is 10.0 Å². The molecule has 0 fully saturated rings. The minimum absolute atomic E-state index is 0.285. The molecule has 3 rings (SSSR count). The normalized spacial score (nSPS) is 11.6. The molecule has 0 saturated carbocycles. The van der Waals surface area contributed by atoms with Crippen LogP contribution >= 0.6 is 15.9 Å². The minimum Gasteiger partial charge on any atom is -0.350 e. The van der Waals surface area contributed by atoms with Crippen LogP contribution in [0.25, 0.3) is 10.9 Å². The summed E-state index contributed by atoms with van der Waals surface area (Å²) in [6.07, 6.45) is 0. The van der Waals surface area contributed by atoms with Crippen molar-refractivity contribution < 1.29 is 13.2 Å². The summed E-state index contributed by atoms with van der Waals surface area (Å²) < 4.78 is 23.0. The fraction of sp³-hybridized carbons (Fsp3) is 0.0625. The number of nitrogens with two attached hydrogens (primary N) is 1. The summed E-state index contributed by atoms with van der Waals surface area (Å²) in [6.45, 7) is 0. The molecule has 0 atom stereocenters. The van der Waals surface area contributed by atoms with Gasteiger partial charge in [-0.25, -0.2) is 13.6 Å². The summed E-state index contributed by atoms with van der Waals surface area (Å²) in [7, 11) is -3.62. The first-order chi connectivity index (χ1) is 11.3. The van der Waals surface area contributed by atoms with Crippen LogP contribution in [0, 0.1) is 0 Å². The molecule has 4 N–H and O–H groups in total. The maximum Gasteiger partial charge on any atom is 0.273 e. The average Bonchev–Trinajstić information content (AvgIpc) is 2.84. The predicted octanol–water partition coefficient (Wildman–Crippen LogP) is 2.97. The van der Waals surface area contributed by atoms with E-state index in [9.17, 15) is 13.2 Å². The maximum absolute atomic E-state index is 12.5. The van der Waals surface area contributed by atoms with Gasteiger partial charge in [-0.1, -0.05) is 30.3 Å². The highest BCUT2D eigenvalue weighted by molar-refractivity contribution is 9.10. The van der Waals surface area contributed by atoms with Crippen LogP contribution in [0.3, 0.4) is 0 Å². The van der Waals surface area contributed by atoms with Gasteiger partial charge in [-0.2, -0.15) is 0 Å². The van der Waals surface area contributed by atoms with Crippen LogP contribution in [0.2, 0.25) is 0 Å². The molecule has 1 heterocycles. The molecule has 0 bridgehead atoms. The molecule has 0 aliphatic rings. The van der Waals surface area contributed by atoms with Gasteiger partial charge in [0.05, 0.1) is 10.2 Å². The first-order valence-electron chi connectivity index (χ1n) is 7.00. The van der Waals surface area contributed by atoms with Gasteiger partial charge in [-0.05, 0) is 39.7 Å². The zero-order chi connectivity index (χ0) is 17.3. The minimum atomic E-state index is -3.62. The Morgan fingerprint density at radius 2 is 1.92 bits per heavy atom. The van der Waals surface area contributed by atoms with Crippen LogP contribution in [0.1, 0.15) is 16.1 Å². The summed E-state index contributed by atoms with van der Waals surface area (Å²) in [5, 5.41) is 8.70. The Morgan fingerprint density at radius 1 is 1.17 bits per heavy atom. The van der Waals surface area contributed by atoms with Crippen molar-refractivity contribution in [3.63, 3.8) is 0 Å². The van der Waals surface area contributed by atoms with Crippen molar-refractivity contribution in [3.05, 3.63) is 64.3 Å². The number of carbonyl (C=O) groups is 1. The van der Waals surface area contributed by atoms with E-state index in [1.807, 2.05) is 24.3 Å². The van der Waals surface area contributed by atoms with E-state index >= 15 is 0 Å². The van der Waals surface area contributed by atoms with Crippen molar-refractivity contribution in [3.8, 4) is 0 Å². The lowest BCUT2D eigenvalue weighted by molar-refractivity contribution is 0.102. The zero-order valence-electron chi connectivity index (χ0n) is 12.4. The average molecular weight is 408 g/mol. The number of fused-ring (bicyclic) bond motifs is 1. The van der Waals surface area contributed by atoms with Gasteiger partial charge >= 0.3 is 0 Å². The van der Waals surface area contributed by atoms with Gasteiger partial charge in [0.15, 0.2) is 0 Å². The number of amides is 1.